The molecular weight excluding hydrogens is 404 g/mol. The number of carbonyl (C=O) groups is 1. The summed E-state index contributed by atoms with van der Waals surface area (Å²) < 4.78 is 23.0. The zero-order valence-electron chi connectivity index (χ0n) is 15.0. The van der Waals surface area contributed by atoms with Gasteiger partial charge in [-0.2, -0.15) is 0 Å². The third-order valence-corrected chi connectivity index (χ3v) is 6.30. The van der Waals surface area contributed by atoms with Crippen molar-refractivity contribution in [1.82, 2.24) is 4.90 Å². The van der Waals surface area contributed by atoms with Crippen LogP contribution in [0.15, 0.2) is 47.5 Å². The van der Waals surface area contributed by atoms with Gasteiger partial charge in [-0.05, 0) is 42.3 Å². The fourth-order valence-corrected chi connectivity index (χ4v) is 4.66. The summed E-state index contributed by atoms with van der Waals surface area (Å²) in [6.45, 7) is 2.44. The van der Waals surface area contributed by atoms with Gasteiger partial charge in [-0.15, -0.1) is 0 Å². The standard InChI is InChI=1S/C19H19ClN2O3S2/c1-13-16(20)7-4-8-17(13)21-19-22(9-10-26-19)18(23)15-6-3-5-14(11-15)12-27(2,24)25/h3-8,11H,9-10,12H2,1-2H3. The molecule has 0 N–H and O–H groups in total. The number of nitrogens with zero attached hydrogens (tertiary/aromatic N) is 2. The van der Waals surface area contributed by atoms with E-state index in [1.165, 1.54) is 18.0 Å². The van der Waals surface area contributed by atoms with Crippen molar-refractivity contribution >= 4 is 50.0 Å². The van der Waals surface area contributed by atoms with Gasteiger partial charge >= 0.3 is 0 Å². The molecule has 27 heavy (non-hydrogen) atoms. The summed E-state index contributed by atoms with van der Waals surface area (Å²) in [6, 6.07) is 12.2. The Bertz CT molecular complexity index is 1020. The molecule has 5 nitrogen and oxygen atoms in total. The van der Waals surface area contributed by atoms with Crippen LogP contribution >= 0.6 is 23.4 Å². The molecular formula is C19H19ClN2O3S2. The van der Waals surface area contributed by atoms with Crippen LogP contribution in [0.3, 0.4) is 0 Å². The van der Waals surface area contributed by atoms with E-state index in [-0.39, 0.29) is 11.7 Å². The van der Waals surface area contributed by atoms with Crippen molar-refractivity contribution in [1.29, 1.82) is 0 Å². The Balaban J connectivity index is 1.89. The molecule has 0 spiro atoms. The van der Waals surface area contributed by atoms with E-state index in [9.17, 15) is 13.2 Å². The maximum atomic E-state index is 13.0. The van der Waals surface area contributed by atoms with Crippen molar-refractivity contribution in [3.63, 3.8) is 0 Å². The summed E-state index contributed by atoms with van der Waals surface area (Å²) in [4.78, 5) is 19.2. The predicted molar refractivity (Wildman–Crippen MR) is 112 cm³/mol. The van der Waals surface area contributed by atoms with Crippen molar-refractivity contribution in [3.8, 4) is 0 Å². The molecule has 1 aliphatic heterocycles. The lowest BCUT2D eigenvalue weighted by molar-refractivity contribution is 0.0859. The Kier molecular flexibility index (Phi) is 5.93. The molecule has 0 radical (unpaired) electrons. The number of thioether (sulfide) groups is 1. The van der Waals surface area contributed by atoms with Crippen molar-refractivity contribution in [3.05, 3.63) is 64.2 Å². The number of carbonyl (C=O) groups excluding carboxylic acids is 1. The van der Waals surface area contributed by atoms with Crippen LogP contribution in [0.4, 0.5) is 5.69 Å². The molecule has 2 aromatic rings. The highest BCUT2D eigenvalue weighted by Crippen LogP contribution is 2.29. The monoisotopic (exact) mass is 422 g/mol. The van der Waals surface area contributed by atoms with Gasteiger partial charge in [0.15, 0.2) is 15.0 Å². The van der Waals surface area contributed by atoms with Crippen LogP contribution in [0, 0.1) is 6.92 Å². The lowest BCUT2D eigenvalue weighted by Crippen LogP contribution is -2.31. The van der Waals surface area contributed by atoms with E-state index in [0.29, 0.717) is 27.9 Å². The largest absolute Gasteiger partial charge is 0.286 e. The van der Waals surface area contributed by atoms with E-state index < -0.39 is 9.84 Å². The van der Waals surface area contributed by atoms with Gasteiger partial charge in [-0.3, -0.25) is 9.69 Å². The molecule has 1 amide bonds. The number of hydrogen-bond donors (Lipinski definition) is 0. The molecule has 2 aromatic carbocycles. The summed E-state index contributed by atoms with van der Waals surface area (Å²) in [5, 5.41) is 1.25. The summed E-state index contributed by atoms with van der Waals surface area (Å²) in [7, 11) is -3.16. The van der Waals surface area contributed by atoms with Gasteiger partial charge in [0, 0.05) is 29.1 Å². The van der Waals surface area contributed by atoms with Crippen LogP contribution in [-0.2, 0) is 15.6 Å². The summed E-state index contributed by atoms with van der Waals surface area (Å²) in [5.74, 6) is 0.479. The van der Waals surface area contributed by atoms with Gasteiger partial charge in [0.2, 0.25) is 0 Å². The average molecular weight is 423 g/mol. The molecule has 0 aliphatic carbocycles. The molecule has 142 valence electrons. The minimum Gasteiger partial charge on any atom is -0.286 e. The van der Waals surface area contributed by atoms with Crippen LogP contribution < -0.4 is 0 Å². The predicted octanol–water partition coefficient (Wildman–Crippen LogP) is 4.07. The Labute approximate surface area is 168 Å². The SMILES string of the molecule is Cc1c(Cl)cccc1N=C1SCCN1C(=O)c1cccc(CS(C)(=O)=O)c1. The molecule has 1 aliphatic rings. The second-order valence-electron chi connectivity index (χ2n) is 6.35. The van der Waals surface area contributed by atoms with E-state index in [1.54, 1.807) is 35.2 Å². The van der Waals surface area contributed by atoms with Crippen molar-refractivity contribution in [2.75, 3.05) is 18.6 Å². The number of halogens is 1. The van der Waals surface area contributed by atoms with Crippen LogP contribution in [0.2, 0.25) is 5.02 Å². The van der Waals surface area contributed by atoms with Crippen LogP contribution in [0.25, 0.3) is 0 Å². The molecule has 1 heterocycles. The third kappa shape index (κ3) is 4.91. The number of aliphatic imine (C=N–C) groups is 1. The summed E-state index contributed by atoms with van der Waals surface area (Å²) in [5.41, 5.74) is 2.64. The Morgan fingerprint density at radius 2 is 2.00 bits per heavy atom. The van der Waals surface area contributed by atoms with Crippen molar-refractivity contribution in [2.24, 2.45) is 4.99 Å². The van der Waals surface area contributed by atoms with E-state index in [0.717, 1.165) is 17.0 Å². The van der Waals surface area contributed by atoms with Gasteiger partial charge < -0.3 is 0 Å². The van der Waals surface area contributed by atoms with Crippen molar-refractivity contribution in [2.45, 2.75) is 12.7 Å². The molecule has 8 heteroatoms. The van der Waals surface area contributed by atoms with Gasteiger partial charge in [0.05, 0.1) is 11.4 Å². The average Bonchev–Trinajstić information content (AvgIpc) is 3.05. The van der Waals surface area contributed by atoms with E-state index in [4.69, 9.17) is 11.6 Å². The van der Waals surface area contributed by atoms with Gasteiger partial charge in [-0.1, -0.05) is 41.6 Å². The van der Waals surface area contributed by atoms with Crippen LogP contribution in [0.5, 0.6) is 0 Å². The van der Waals surface area contributed by atoms with Gasteiger partial charge in [0.1, 0.15) is 0 Å². The maximum Gasteiger partial charge on any atom is 0.259 e. The lowest BCUT2D eigenvalue weighted by Gasteiger charge is -2.17. The zero-order chi connectivity index (χ0) is 19.6. The van der Waals surface area contributed by atoms with Crippen LogP contribution in [-0.4, -0.2) is 42.9 Å². The highest BCUT2D eigenvalue weighted by atomic mass is 35.5. The first kappa shape index (κ1) is 19.9. The molecule has 0 aromatic heterocycles. The number of hydrogen-bond acceptors (Lipinski definition) is 5. The fraction of sp³-hybridized carbons (Fsp3) is 0.263. The topological polar surface area (TPSA) is 66.8 Å². The first-order chi connectivity index (χ1) is 12.7. The van der Waals surface area contributed by atoms with E-state index in [2.05, 4.69) is 4.99 Å². The molecule has 0 unspecified atom stereocenters. The maximum absolute atomic E-state index is 13.0. The molecule has 3 rings (SSSR count). The third-order valence-electron chi connectivity index (χ3n) is 4.08. The van der Waals surface area contributed by atoms with E-state index in [1.807, 2.05) is 19.1 Å². The van der Waals surface area contributed by atoms with Crippen molar-refractivity contribution < 1.29 is 13.2 Å². The minimum atomic E-state index is -3.16. The Hall–Kier alpha value is -1.83. The molecule has 0 bridgehead atoms. The highest BCUT2D eigenvalue weighted by molar-refractivity contribution is 8.14. The van der Waals surface area contributed by atoms with Gasteiger partial charge in [0.25, 0.3) is 5.91 Å². The normalized spacial score (nSPS) is 16.1. The number of benzene rings is 2. The molecule has 1 fully saturated rings. The molecule has 1 saturated heterocycles. The number of rotatable bonds is 4. The molecule has 0 saturated carbocycles. The zero-order valence-corrected chi connectivity index (χ0v) is 17.4. The summed E-state index contributed by atoms with van der Waals surface area (Å²) in [6.07, 6.45) is 1.18. The number of amides is 1. The smallest absolute Gasteiger partial charge is 0.259 e. The summed E-state index contributed by atoms with van der Waals surface area (Å²) >= 11 is 7.67. The second kappa shape index (κ2) is 8.04. The van der Waals surface area contributed by atoms with E-state index >= 15 is 0 Å². The number of amidine groups is 1. The first-order valence-corrected chi connectivity index (χ1v) is 11.7. The molecule has 0 atom stereocenters. The lowest BCUT2D eigenvalue weighted by atomic mass is 10.1. The van der Waals surface area contributed by atoms with Gasteiger partial charge in [-0.25, -0.2) is 13.4 Å². The Morgan fingerprint density at radius 3 is 2.74 bits per heavy atom. The highest BCUT2D eigenvalue weighted by Gasteiger charge is 2.27. The fourth-order valence-electron chi connectivity index (χ4n) is 2.76. The first-order valence-electron chi connectivity index (χ1n) is 8.30. The van der Waals surface area contributed by atoms with Crippen LogP contribution in [0.1, 0.15) is 21.5 Å². The Morgan fingerprint density at radius 1 is 1.26 bits per heavy atom. The second-order valence-corrected chi connectivity index (χ2v) is 9.96. The number of sulfone groups is 1. The quantitative estimate of drug-likeness (QED) is 0.744. The minimum absolute atomic E-state index is 0.0917.